The van der Waals surface area contributed by atoms with E-state index in [0.29, 0.717) is 10.9 Å². The van der Waals surface area contributed by atoms with Gasteiger partial charge in [0, 0.05) is 11.1 Å². The third kappa shape index (κ3) is 3.02. The van der Waals surface area contributed by atoms with Gasteiger partial charge in [-0.3, -0.25) is 4.79 Å². The highest BCUT2D eigenvalue weighted by Gasteiger charge is 2.24. The van der Waals surface area contributed by atoms with Gasteiger partial charge in [0.2, 0.25) is 0 Å². The fourth-order valence-corrected chi connectivity index (χ4v) is 2.70. The quantitative estimate of drug-likeness (QED) is 0.889. The van der Waals surface area contributed by atoms with Gasteiger partial charge in [-0.25, -0.2) is 4.39 Å². The van der Waals surface area contributed by atoms with Crippen LogP contribution in [-0.2, 0) is 0 Å². The van der Waals surface area contributed by atoms with Crippen molar-refractivity contribution in [2.45, 2.75) is 38.6 Å². The second-order valence-corrected chi connectivity index (χ2v) is 5.37. The number of carbonyl (C=O) groups is 1. The van der Waals surface area contributed by atoms with Crippen molar-refractivity contribution >= 4 is 17.5 Å². The molecule has 0 radical (unpaired) electrons. The first-order chi connectivity index (χ1) is 8.58. The summed E-state index contributed by atoms with van der Waals surface area (Å²) in [7, 11) is 0. The topological polar surface area (TPSA) is 29.1 Å². The largest absolute Gasteiger partial charge is 0.349 e. The lowest BCUT2D eigenvalue weighted by Crippen LogP contribution is -2.37. The smallest absolute Gasteiger partial charge is 0.254 e. The summed E-state index contributed by atoms with van der Waals surface area (Å²) in [5.41, 5.74) is 0.0207. The average molecular weight is 270 g/mol. The molecule has 1 saturated carbocycles. The average Bonchev–Trinajstić information content (AvgIpc) is 2.85. The predicted molar refractivity (Wildman–Crippen MR) is 70.3 cm³/mol. The fourth-order valence-electron chi connectivity index (χ4n) is 2.53. The summed E-state index contributed by atoms with van der Waals surface area (Å²) < 4.78 is 13.5. The summed E-state index contributed by atoms with van der Waals surface area (Å²) in [6, 6.07) is 4.11. The second kappa shape index (κ2) is 5.70. The standard InChI is InChI=1S/C14H17ClFNO/c1-9(10-4-2-3-5-10)17-14(18)12-8-11(15)6-7-13(12)16/h6-10H,2-5H2,1H3,(H,17,18). The molecule has 1 aromatic rings. The van der Waals surface area contributed by atoms with Crippen molar-refractivity contribution < 1.29 is 9.18 Å². The molecule has 0 saturated heterocycles. The van der Waals surface area contributed by atoms with Crippen molar-refractivity contribution in [2.24, 2.45) is 5.92 Å². The molecule has 1 unspecified atom stereocenters. The van der Waals surface area contributed by atoms with E-state index in [2.05, 4.69) is 5.32 Å². The van der Waals surface area contributed by atoms with Crippen molar-refractivity contribution in [3.8, 4) is 0 Å². The van der Waals surface area contributed by atoms with E-state index in [1.165, 1.54) is 31.0 Å². The van der Waals surface area contributed by atoms with Gasteiger partial charge in [0.1, 0.15) is 5.82 Å². The van der Waals surface area contributed by atoms with Gasteiger partial charge in [-0.2, -0.15) is 0 Å². The molecule has 0 spiro atoms. The van der Waals surface area contributed by atoms with Gasteiger partial charge in [-0.05, 0) is 43.9 Å². The molecule has 2 nitrogen and oxygen atoms in total. The van der Waals surface area contributed by atoms with E-state index in [0.717, 1.165) is 12.8 Å². The molecule has 1 amide bonds. The van der Waals surface area contributed by atoms with E-state index in [1.54, 1.807) is 0 Å². The molecular weight excluding hydrogens is 253 g/mol. The van der Waals surface area contributed by atoms with Gasteiger partial charge < -0.3 is 5.32 Å². The molecule has 1 atom stereocenters. The molecule has 0 aromatic heterocycles. The van der Waals surface area contributed by atoms with Gasteiger partial charge in [0.25, 0.3) is 5.91 Å². The van der Waals surface area contributed by atoms with Gasteiger partial charge in [-0.15, -0.1) is 0 Å². The van der Waals surface area contributed by atoms with E-state index in [4.69, 9.17) is 11.6 Å². The Morgan fingerprint density at radius 1 is 1.44 bits per heavy atom. The third-order valence-electron chi connectivity index (χ3n) is 3.64. The van der Waals surface area contributed by atoms with E-state index >= 15 is 0 Å². The number of hydrogen-bond donors (Lipinski definition) is 1. The first kappa shape index (κ1) is 13.3. The molecule has 1 fully saturated rings. The van der Waals surface area contributed by atoms with Crippen LogP contribution in [0.3, 0.4) is 0 Å². The minimum atomic E-state index is -0.532. The summed E-state index contributed by atoms with van der Waals surface area (Å²) >= 11 is 5.78. The monoisotopic (exact) mass is 269 g/mol. The van der Waals surface area contributed by atoms with Gasteiger partial charge in [0.05, 0.1) is 5.56 Å². The normalized spacial score (nSPS) is 17.7. The van der Waals surface area contributed by atoms with Crippen LogP contribution < -0.4 is 5.32 Å². The van der Waals surface area contributed by atoms with Crippen LogP contribution in [0, 0.1) is 11.7 Å². The van der Waals surface area contributed by atoms with Crippen LogP contribution in [0.4, 0.5) is 4.39 Å². The zero-order chi connectivity index (χ0) is 13.1. The Morgan fingerprint density at radius 3 is 2.78 bits per heavy atom. The highest BCUT2D eigenvalue weighted by molar-refractivity contribution is 6.31. The number of nitrogens with one attached hydrogen (secondary N) is 1. The first-order valence-corrected chi connectivity index (χ1v) is 6.71. The lowest BCUT2D eigenvalue weighted by atomic mass is 9.99. The molecular formula is C14H17ClFNO. The van der Waals surface area contributed by atoms with Crippen LogP contribution in [0.15, 0.2) is 18.2 Å². The van der Waals surface area contributed by atoms with Crippen LogP contribution in [0.25, 0.3) is 0 Å². The van der Waals surface area contributed by atoms with Crippen LogP contribution in [0.5, 0.6) is 0 Å². The third-order valence-corrected chi connectivity index (χ3v) is 3.87. The molecule has 1 N–H and O–H groups in total. The lowest BCUT2D eigenvalue weighted by molar-refractivity contribution is 0.0923. The SMILES string of the molecule is CC(NC(=O)c1cc(Cl)ccc1F)C1CCCC1. The first-order valence-electron chi connectivity index (χ1n) is 6.34. The molecule has 18 heavy (non-hydrogen) atoms. The molecule has 1 aliphatic carbocycles. The molecule has 0 aliphatic heterocycles. The molecule has 1 aromatic carbocycles. The Labute approximate surface area is 112 Å². The zero-order valence-electron chi connectivity index (χ0n) is 10.4. The summed E-state index contributed by atoms with van der Waals surface area (Å²) in [5.74, 6) is -0.402. The highest BCUT2D eigenvalue weighted by atomic mass is 35.5. The summed E-state index contributed by atoms with van der Waals surface area (Å²) in [6.07, 6.45) is 4.71. The predicted octanol–water partition coefficient (Wildman–Crippen LogP) is 3.79. The van der Waals surface area contributed by atoms with Crippen molar-refractivity contribution in [3.63, 3.8) is 0 Å². The van der Waals surface area contributed by atoms with Gasteiger partial charge >= 0.3 is 0 Å². The van der Waals surface area contributed by atoms with Gasteiger partial charge in [-0.1, -0.05) is 24.4 Å². The van der Waals surface area contributed by atoms with Gasteiger partial charge in [0.15, 0.2) is 0 Å². The Morgan fingerprint density at radius 2 is 2.11 bits per heavy atom. The molecule has 2 rings (SSSR count). The maximum absolute atomic E-state index is 13.5. The Hall–Kier alpha value is -1.09. The van der Waals surface area contributed by atoms with Crippen molar-refractivity contribution in [2.75, 3.05) is 0 Å². The van der Waals surface area contributed by atoms with Crippen LogP contribution in [0.1, 0.15) is 43.0 Å². The molecule has 98 valence electrons. The van der Waals surface area contributed by atoms with Crippen LogP contribution in [0.2, 0.25) is 5.02 Å². The Balaban J connectivity index is 2.04. The van der Waals surface area contributed by atoms with E-state index in [1.807, 2.05) is 6.92 Å². The van der Waals surface area contributed by atoms with Crippen LogP contribution >= 0.6 is 11.6 Å². The van der Waals surface area contributed by atoms with Crippen LogP contribution in [-0.4, -0.2) is 11.9 Å². The summed E-state index contributed by atoms with van der Waals surface area (Å²) in [4.78, 5) is 12.0. The molecule has 0 bridgehead atoms. The van der Waals surface area contributed by atoms with Crippen molar-refractivity contribution in [1.29, 1.82) is 0 Å². The minimum absolute atomic E-state index is 0.0207. The van der Waals surface area contributed by atoms with Crippen molar-refractivity contribution in [1.82, 2.24) is 5.32 Å². The van der Waals surface area contributed by atoms with E-state index < -0.39 is 5.82 Å². The lowest BCUT2D eigenvalue weighted by Gasteiger charge is -2.20. The molecule has 1 aliphatic rings. The van der Waals surface area contributed by atoms with E-state index in [9.17, 15) is 9.18 Å². The molecule has 0 heterocycles. The highest BCUT2D eigenvalue weighted by Crippen LogP contribution is 2.27. The maximum Gasteiger partial charge on any atom is 0.254 e. The zero-order valence-corrected chi connectivity index (χ0v) is 11.1. The Kier molecular flexibility index (Phi) is 4.23. The number of hydrogen-bond acceptors (Lipinski definition) is 1. The number of halogens is 2. The number of rotatable bonds is 3. The maximum atomic E-state index is 13.5. The van der Waals surface area contributed by atoms with E-state index in [-0.39, 0.29) is 17.5 Å². The fraction of sp³-hybridized carbons (Fsp3) is 0.500. The summed E-state index contributed by atoms with van der Waals surface area (Å²) in [6.45, 7) is 1.98. The number of benzene rings is 1. The summed E-state index contributed by atoms with van der Waals surface area (Å²) in [5, 5.41) is 3.24. The number of carbonyl (C=O) groups excluding carboxylic acids is 1. The number of amides is 1. The minimum Gasteiger partial charge on any atom is -0.349 e. The van der Waals surface area contributed by atoms with Crippen molar-refractivity contribution in [3.05, 3.63) is 34.6 Å². The molecule has 4 heteroatoms. The second-order valence-electron chi connectivity index (χ2n) is 4.93. The Bertz CT molecular complexity index is 443.